The largest absolute Gasteiger partial charge is 0.378 e. The fourth-order valence-electron chi connectivity index (χ4n) is 3.13. The van der Waals surface area contributed by atoms with Gasteiger partial charge < -0.3 is 14.8 Å². The molecule has 1 unspecified atom stereocenters. The molecule has 2 saturated heterocycles. The number of rotatable bonds is 6. The van der Waals surface area contributed by atoms with Crippen LogP contribution in [0, 0.1) is 11.8 Å². The molecule has 0 aromatic heterocycles. The molecule has 3 fully saturated rings. The zero-order chi connectivity index (χ0) is 12.9. The molecule has 0 spiro atoms. The van der Waals surface area contributed by atoms with Gasteiger partial charge in [0.1, 0.15) is 0 Å². The maximum Gasteiger partial charge on any atom is 0.0935 e. The van der Waals surface area contributed by atoms with Crippen LogP contribution in [0.1, 0.15) is 25.7 Å². The molecule has 0 radical (unpaired) electrons. The van der Waals surface area contributed by atoms with E-state index >= 15 is 0 Å². The SMILES string of the molecule is C1CC(CN2CCOC(COCC3CC3)C2)CCN1. The molecule has 2 aliphatic heterocycles. The molecule has 1 saturated carbocycles. The summed E-state index contributed by atoms with van der Waals surface area (Å²) in [4.78, 5) is 2.59. The lowest BCUT2D eigenvalue weighted by Crippen LogP contribution is -2.47. The molecule has 2 heterocycles. The number of morpholine rings is 1. The van der Waals surface area contributed by atoms with Gasteiger partial charge in [-0.05, 0) is 50.6 Å². The molecule has 3 aliphatic rings. The molecular formula is C15H28N2O2. The molecule has 0 amide bonds. The zero-order valence-electron chi connectivity index (χ0n) is 12.0. The van der Waals surface area contributed by atoms with E-state index in [1.807, 2.05) is 0 Å². The molecule has 19 heavy (non-hydrogen) atoms. The summed E-state index contributed by atoms with van der Waals surface area (Å²) in [5, 5.41) is 3.44. The highest BCUT2D eigenvalue weighted by Crippen LogP contribution is 2.28. The van der Waals surface area contributed by atoms with Crippen LogP contribution in [0.15, 0.2) is 0 Å². The smallest absolute Gasteiger partial charge is 0.0935 e. The average Bonchev–Trinajstić information content (AvgIpc) is 3.25. The Bertz CT molecular complexity index is 265. The Labute approximate surface area is 116 Å². The van der Waals surface area contributed by atoms with Crippen LogP contribution in [0.3, 0.4) is 0 Å². The van der Waals surface area contributed by atoms with Gasteiger partial charge in [-0.1, -0.05) is 0 Å². The highest BCUT2D eigenvalue weighted by molar-refractivity contribution is 4.77. The topological polar surface area (TPSA) is 33.7 Å². The second-order valence-corrected chi connectivity index (χ2v) is 6.43. The van der Waals surface area contributed by atoms with E-state index < -0.39 is 0 Å². The number of hydrogen-bond donors (Lipinski definition) is 1. The second kappa shape index (κ2) is 7.02. The van der Waals surface area contributed by atoms with E-state index in [1.165, 1.54) is 45.3 Å². The highest BCUT2D eigenvalue weighted by Gasteiger charge is 2.25. The van der Waals surface area contributed by atoms with Gasteiger partial charge in [-0.15, -0.1) is 0 Å². The summed E-state index contributed by atoms with van der Waals surface area (Å²) in [6.07, 6.45) is 5.70. The first-order valence-corrected chi connectivity index (χ1v) is 8.02. The Morgan fingerprint density at radius 2 is 1.89 bits per heavy atom. The molecule has 0 aromatic carbocycles. The van der Waals surface area contributed by atoms with Gasteiger partial charge in [0.2, 0.25) is 0 Å². The van der Waals surface area contributed by atoms with Crippen molar-refractivity contribution in [3.05, 3.63) is 0 Å². The van der Waals surface area contributed by atoms with Crippen molar-refractivity contribution in [2.24, 2.45) is 11.8 Å². The third kappa shape index (κ3) is 4.71. The summed E-state index contributed by atoms with van der Waals surface area (Å²) in [5.74, 6) is 1.74. The summed E-state index contributed by atoms with van der Waals surface area (Å²) in [7, 11) is 0. The van der Waals surface area contributed by atoms with Crippen LogP contribution in [0.4, 0.5) is 0 Å². The van der Waals surface area contributed by atoms with Gasteiger partial charge in [-0.2, -0.15) is 0 Å². The van der Waals surface area contributed by atoms with Crippen LogP contribution in [-0.2, 0) is 9.47 Å². The van der Waals surface area contributed by atoms with Gasteiger partial charge in [0.05, 0.1) is 19.3 Å². The minimum absolute atomic E-state index is 0.300. The maximum atomic E-state index is 5.82. The first-order chi connectivity index (χ1) is 9.40. The fraction of sp³-hybridized carbons (Fsp3) is 1.00. The third-order valence-electron chi connectivity index (χ3n) is 4.55. The molecule has 0 bridgehead atoms. The van der Waals surface area contributed by atoms with E-state index in [0.29, 0.717) is 6.10 Å². The summed E-state index contributed by atoms with van der Waals surface area (Å²) in [6, 6.07) is 0. The fourth-order valence-corrected chi connectivity index (χ4v) is 3.13. The molecular weight excluding hydrogens is 240 g/mol. The van der Waals surface area contributed by atoms with Crippen molar-refractivity contribution in [3.63, 3.8) is 0 Å². The molecule has 3 rings (SSSR count). The number of piperidine rings is 1. The van der Waals surface area contributed by atoms with Crippen molar-refractivity contribution in [1.29, 1.82) is 0 Å². The molecule has 1 atom stereocenters. The molecule has 4 heteroatoms. The van der Waals surface area contributed by atoms with E-state index in [9.17, 15) is 0 Å². The van der Waals surface area contributed by atoms with Crippen molar-refractivity contribution in [3.8, 4) is 0 Å². The van der Waals surface area contributed by atoms with Gasteiger partial charge in [0.15, 0.2) is 0 Å². The van der Waals surface area contributed by atoms with Crippen LogP contribution in [0.25, 0.3) is 0 Å². The number of hydrogen-bond acceptors (Lipinski definition) is 4. The lowest BCUT2D eigenvalue weighted by Gasteiger charge is -2.36. The highest BCUT2D eigenvalue weighted by atomic mass is 16.5. The summed E-state index contributed by atoms with van der Waals surface area (Å²) in [6.45, 7) is 8.43. The predicted molar refractivity (Wildman–Crippen MR) is 75.3 cm³/mol. The first-order valence-electron chi connectivity index (χ1n) is 8.02. The second-order valence-electron chi connectivity index (χ2n) is 6.43. The molecule has 1 N–H and O–H groups in total. The maximum absolute atomic E-state index is 5.82. The van der Waals surface area contributed by atoms with Crippen LogP contribution >= 0.6 is 0 Å². The summed E-state index contributed by atoms with van der Waals surface area (Å²) >= 11 is 0. The lowest BCUT2D eigenvalue weighted by molar-refractivity contribution is -0.0736. The predicted octanol–water partition coefficient (Wildman–Crippen LogP) is 1.11. The normalized spacial score (nSPS) is 30.6. The average molecular weight is 268 g/mol. The quantitative estimate of drug-likeness (QED) is 0.782. The van der Waals surface area contributed by atoms with Crippen molar-refractivity contribution in [2.75, 3.05) is 52.5 Å². The number of nitrogens with one attached hydrogen (secondary N) is 1. The molecule has 4 nitrogen and oxygen atoms in total. The minimum atomic E-state index is 0.300. The Morgan fingerprint density at radius 3 is 2.68 bits per heavy atom. The third-order valence-corrected chi connectivity index (χ3v) is 4.55. The van der Waals surface area contributed by atoms with Crippen molar-refractivity contribution in [2.45, 2.75) is 31.8 Å². The van der Waals surface area contributed by atoms with Crippen LogP contribution in [0.5, 0.6) is 0 Å². The zero-order valence-corrected chi connectivity index (χ0v) is 12.0. The van der Waals surface area contributed by atoms with Crippen LogP contribution in [0.2, 0.25) is 0 Å². The van der Waals surface area contributed by atoms with Gasteiger partial charge in [-0.25, -0.2) is 0 Å². The molecule has 0 aromatic rings. The Balaban J connectivity index is 1.34. The van der Waals surface area contributed by atoms with E-state index in [0.717, 1.165) is 44.7 Å². The Kier molecular flexibility index (Phi) is 5.10. The standard InChI is InChI=1S/C15H28N2O2/c1-2-14(1)11-18-12-15-10-17(7-8-19-15)9-13-3-5-16-6-4-13/h13-16H,1-12H2. The van der Waals surface area contributed by atoms with E-state index in [1.54, 1.807) is 0 Å². The monoisotopic (exact) mass is 268 g/mol. The van der Waals surface area contributed by atoms with Crippen molar-refractivity contribution in [1.82, 2.24) is 10.2 Å². The number of nitrogens with zero attached hydrogens (tertiary/aromatic N) is 1. The summed E-state index contributed by atoms with van der Waals surface area (Å²) < 4.78 is 11.6. The Hall–Kier alpha value is -0.160. The van der Waals surface area contributed by atoms with Crippen LogP contribution < -0.4 is 5.32 Å². The Morgan fingerprint density at radius 1 is 1.05 bits per heavy atom. The summed E-state index contributed by atoms with van der Waals surface area (Å²) in [5.41, 5.74) is 0. The van der Waals surface area contributed by atoms with Crippen molar-refractivity contribution >= 4 is 0 Å². The van der Waals surface area contributed by atoms with Gasteiger partial charge >= 0.3 is 0 Å². The van der Waals surface area contributed by atoms with Crippen molar-refractivity contribution < 1.29 is 9.47 Å². The molecule has 110 valence electrons. The first kappa shape index (κ1) is 13.8. The number of ether oxygens (including phenoxy) is 2. The minimum Gasteiger partial charge on any atom is -0.378 e. The lowest BCUT2D eigenvalue weighted by atomic mass is 9.97. The van der Waals surface area contributed by atoms with Gasteiger partial charge in [0.25, 0.3) is 0 Å². The van der Waals surface area contributed by atoms with E-state index in [2.05, 4.69) is 10.2 Å². The van der Waals surface area contributed by atoms with Gasteiger partial charge in [-0.3, -0.25) is 4.90 Å². The molecule has 1 aliphatic carbocycles. The van der Waals surface area contributed by atoms with E-state index in [-0.39, 0.29) is 0 Å². The van der Waals surface area contributed by atoms with E-state index in [4.69, 9.17) is 9.47 Å². The van der Waals surface area contributed by atoms with Gasteiger partial charge in [0, 0.05) is 26.2 Å². The van der Waals surface area contributed by atoms with Crippen LogP contribution in [-0.4, -0.2) is 63.5 Å².